The number of carbonyl (C=O) groups excluding carboxylic acids is 2. The molecule has 25 heavy (non-hydrogen) atoms. The lowest BCUT2D eigenvalue weighted by Crippen LogP contribution is -2.20. The standard InChI is InChI=1S/C18H15Cl2NO3S/c1-25-16-5-3-2-4-15(16)21-17(22)11-24-18(23)9-7-12-6-8-13(19)14(20)10-12/h2-10H,11H2,1H3,(H,21,22)/b9-7+. The Morgan fingerprint density at radius 2 is 1.92 bits per heavy atom. The van der Waals surface area contributed by atoms with E-state index in [1.54, 1.807) is 24.3 Å². The Morgan fingerprint density at radius 1 is 1.16 bits per heavy atom. The summed E-state index contributed by atoms with van der Waals surface area (Å²) in [6, 6.07) is 12.4. The lowest BCUT2D eigenvalue weighted by Gasteiger charge is -2.09. The Labute approximate surface area is 160 Å². The molecule has 0 heterocycles. The Kier molecular flexibility index (Phi) is 7.37. The molecule has 0 saturated carbocycles. The molecule has 0 saturated heterocycles. The molecule has 2 aromatic carbocycles. The lowest BCUT2D eigenvalue weighted by molar-refractivity contribution is -0.142. The minimum absolute atomic E-state index is 0.368. The van der Waals surface area contributed by atoms with Crippen molar-refractivity contribution < 1.29 is 14.3 Å². The smallest absolute Gasteiger partial charge is 0.331 e. The fourth-order valence-corrected chi connectivity index (χ4v) is 2.76. The highest BCUT2D eigenvalue weighted by Gasteiger charge is 2.08. The Morgan fingerprint density at radius 3 is 2.64 bits per heavy atom. The molecule has 1 amide bonds. The second kappa shape index (κ2) is 9.51. The summed E-state index contributed by atoms with van der Waals surface area (Å²) in [5, 5.41) is 3.54. The molecule has 0 fully saturated rings. The number of hydrogen-bond acceptors (Lipinski definition) is 4. The molecule has 7 heteroatoms. The Balaban J connectivity index is 1.85. The number of nitrogens with one attached hydrogen (secondary N) is 1. The van der Waals surface area contributed by atoms with E-state index in [0.29, 0.717) is 21.3 Å². The first kappa shape index (κ1) is 19.4. The number of rotatable bonds is 6. The molecule has 130 valence electrons. The summed E-state index contributed by atoms with van der Waals surface area (Å²) in [6.07, 6.45) is 4.67. The molecule has 4 nitrogen and oxygen atoms in total. The minimum Gasteiger partial charge on any atom is -0.452 e. The van der Waals surface area contributed by atoms with Gasteiger partial charge in [0, 0.05) is 11.0 Å². The number of esters is 1. The van der Waals surface area contributed by atoms with Gasteiger partial charge in [-0.1, -0.05) is 41.4 Å². The van der Waals surface area contributed by atoms with E-state index in [0.717, 1.165) is 4.90 Å². The van der Waals surface area contributed by atoms with Gasteiger partial charge in [0.05, 0.1) is 15.7 Å². The highest BCUT2D eigenvalue weighted by Crippen LogP contribution is 2.24. The van der Waals surface area contributed by atoms with E-state index in [2.05, 4.69) is 5.32 Å². The van der Waals surface area contributed by atoms with Crippen LogP contribution in [-0.2, 0) is 14.3 Å². The summed E-state index contributed by atoms with van der Waals surface area (Å²) in [5.41, 5.74) is 1.38. The quantitative estimate of drug-likeness (QED) is 0.428. The largest absolute Gasteiger partial charge is 0.452 e. The van der Waals surface area contributed by atoms with Crippen molar-refractivity contribution in [1.82, 2.24) is 0 Å². The Bertz CT molecular complexity index is 809. The van der Waals surface area contributed by atoms with Gasteiger partial charge in [-0.15, -0.1) is 11.8 Å². The number of ether oxygens (including phenoxy) is 1. The average molecular weight is 396 g/mol. The number of amides is 1. The highest BCUT2D eigenvalue weighted by atomic mass is 35.5. The van der Waals surface area contributed by atoms with Crippen molar-refractivity contribution in [3.63, 3.8) is 0 Å². The highest BCUT2D eigenvalue weighted by molar-refractivity contribution is 7.98. The van der Waals surface area contributed by atoms with Gasteiger partial charge in [-0.3, -0.25) is 4.79 Å². The van der Waals surface area contributed by atoms with E-state index < -0.39 is 11.9 Å². The molecule has 0 bridgehead atoms. The molecule has 0 radical (unpaired) electrons. The van der Waals surface area contributed by atoms with Crippen molar-refractivity contribution in [3.05, 3.63) is 64.1 Å². The van der Waals surface area contributed by atoms with Crippen molar-refractivity contribution in [1.29, 1.82) is 0 Å². The van der Waals surface area contributed by atoms with Crippen LogP contribution in [0.15, 0.2) is 53.4 Å². The van der Waals surface area contributed by atoms with Crippen LogP contribution in [-0.4, -0.2) is 24.7 Å². The van der Waals surface area contributed by atoms with E-state index in [1.165, 1.54) is 23.9 Å². The third-order valence-corrected chi connectivity index (χ3v) is 4.62. The molecule has 0 aromatic heterocycles. The number of anilines is 1. The van der Waals surface area contributed by atoms with Crippen LogP contribution in [0.3, 0.4) is 0 Å². The van der Waals surface area contributed by atoms with Crippen molar-refractivity contribution in [3.8, 4) is 0 Å². The monoisotopic (exact) mass is 395 g/mol. The summed E-state index contributed by atoms with van der Waals surface area (Å²) in [5.74, 6) is -1.03. The minimum atomic E-state index is -0.626. The SMILES string of the molecule is CSc1ccccc1NC(=O)COC(=O)/C=C/c1ccc(Cl)c(Cl)c1. The molecule has 0 aliphatic rings. The van der Waals surface area contributed by atoms with E-state index in [-0.39, 0.29) is 6.61 Å². The van der Waals surface area contributed by atoms with Crippen molar-refractivity contribution in [2.45, 2.75) is 4.90 Å². The maximum Gasteiger partial charge on any atom is 0.331 e. The third-order valence-electron chi connectivity index (χ3n) is 3.08. The average Bonchev–Trinajstić information content (AvgIpc) is 2.61. The summed E-state index contributed by atoms with van der Waals surface area (Å²) in [7, 11) is 0. The maximum atomic E-state index is 11.9. The fourth-order valence-electron chi connectivity index (χ4n) is 1.90. The number of benzene rings is 2. The zero-order chi connectivity index (χ0) is 18.2. The van der Waals surface area contributed by atoms with Crippen LogP contribution in [0, 0.1) is 0 Å². The van der Waals surface area contributed by atoms with Crippen LogP contribution in [0.25, 0.3) is 6.08 Å². The van der Waals surface area contributed by atoms with Gasteiger partial charge in [-0.05, 0) is 42.2 Å². The normalized spacial score (nSPS) is 10.7. The molecule has 1 N–H and O–H groups in total. The van der Waals surface area contributed by atoms with Crippen molar-refractivity contribution in [2.75, 3.05) is 18.2 Å². The predicted octanol–water partition coefficient (Wildman–Crippen LogP) is 4.91. The topological polar surface area (TPSA) is 55.4 Å². The number of thioether (sulfide) groups is 1. The van der Waals surface area contributed by atoms with Gasteiger partial charge >= 0.3 is 5.97 Å². The van der Waals surface area contributed by atoms with E-state index in [4.69, 9.17) is 27.9 Å². The first-order chi connectivity index (χ1) is 12.0. The number of hydrogen-bond donors (Lipinski definition) is 1. The fraction of sp³-hybridized carbons (Fsp3) is 0.111. The predicted molar refractivity (Wildman–Crippen MR) is 103 cm³/mol. The number of halogens is 2. The molecule has 0 aliphatic heterocycles. The summed E-state index contributed by atoms with van der Waals surface area (Å²) < 4.78 is 4.92. The van der Waals surface area contributed by atoms with E-state index in [9.17, 15) is 9.59 Å². The van der Waals surface area contributed by atoms with Crippen LogP contribution in [0.5, 0.6) is 0 Å². The first-order valence-corrected chi connectivity index (χ1v) is 9.20. The van der Waals surface area contributed by atoms with Crippen molar-refractivity contribution >= 4 is 58.6 Å². The number of para-hydroxylation sites is 1. The summed E-state index contributed by atoms with van der Waals surface area (Å²) >= 11 is 13.2. The second-order valence-corrected chi connectivity index (χ2v) is 6.53. The molecule has 0 aliphatic carbocycles. The van der Waals surface area contributed by atoms with E-state index >= 15 is 0 Å². The van der Waals surface area contributed by atoms with Crippen LogP contribution >= 0.6 is 35.0 Å². The number of carbonyl (C=O) groups is 2. The zero-order valence-electron chi connectivity index (χ0n) is 13.3. The van der Waals surface area contributed by atoms with Crippen LogP contribution in [0.4, 0.5) is 5.69 Å². The Hall–Kier alpha value is -1.95. The van der Waals surface area contributed by atoms with E-state index in [1.807, 2.05) is 24.5 Å². The molecular formula is C18H15Cl2NO3S. The van der Waals surface area contributed by atoms with Crippen LogP contribution < -0.4 is 5.32 Å². The van der Waals surface area contributed by atoms with Gasteiger partial charge in [-0.25, -0.2) is 4.79 Å². The molecule has 0 spiro atoms. The van der Waals surface area contributed by atoms with Gasteiger partial charge < -0.3 is 10.1 Å². The lowest BCUT2D eigenvalue weighted by atomic mass is 10.2. The third kappa shape index (κ3) is 6.12. The second-order valence-electron chi connectivity index (χ2n) is 4.86. The maximum absolute atomic E-state index is 11.9. The molecule has 2 aromatic rings. The summed E-state index contributed by atoms with van der Waals surface area (Å²) in [4.78, 5) is 24.5. The molecular weight excluding hydrogens is 381 g/mol. The van der Waals surface area contributed by atoms with Gasteiger partial charge in [0.1, 0.15) is 0 Å². The van der Waals surface area contributed by atoms with Crippen LogP contribution in [0.1, 0.15) is 5.56 Å². The molecule has 0 atom stereocenters. The molecule has 0 unspecified atom stereocenters. The van der Waals surface area contributed by atoms with Crippen LogP contribution in [0.2, 0.25) is 10.0 Å². The van der Waals surface area contributed by atoms with Gasteiger partial charge in [0.25, 0.3) is 5.91 Å². The molecule has 2 rings (SSSR count). The van der Waals surface area contributed by atoms with Gasteiger partial charge in [-0.2, -0.15) is 0 Å². The zero-order valence-corrected chi connectivity index (χ0v) is 15.6. The van der Waals surface area contributed by atoms with Gasteiger partial charge in [0.2, 0.25) is 0 Å². The van der Waals surface area contributed by atoms with Gasteiger partial charge in [0.15, 0.2) is 6.61 Å². The summed E-state index contributed by atoms with van der Waals surface area (Å²) in [6.45, 7) is -0.368. The first-order valence-electron chi connectivity index (χ1n) is 7.22. The van der Waals surface area contributed by atoms with Crippen molar-refractivity contribution in [2.24, 2.45) is 0 Å².